The van der Waals surface area contributed by atoms with Gasteiger partial charge in [-0.2, -0.15) is 0 Å². The Kier molecular flexibility index (Phi) is 6.10. The molecule has 2 rings (SSSR count). The number of hydrogen-bond donors (Lipinski definition) is 4. The van der Waals surface area contributed by atoms with Gasteiger partial charge in [-0.1, -0.05) is 30.3 Å². The Bertz CT molecular complexity index is 371. The van der Waals surface area contributed by atoms with Crippen LogP contribution in [0.5, 0.6) is 0 Å². The van der Waals surface area contributed by atoms with Crippen molar-refractivity contribution in [2.45, 2.75) is 26.2 Å². The van der Waals surface area contributed by atoms with Crippen LogP contribution < -0.4 is 0 Å². The van der Waals surface area contributed by atoms with Crippen LogP contribution in [0, 0.1) is 5.41 Å². The summed E-state index contributed by atoms with van der Waals surface area (Å²) in [6, 6.07) is 10.3. The van der Waals surface area contributed by atoms with Crippen molar-refractivity contribution in [3.8, 4) is 0 Å². The van der Waals surface area contributed by atoms with Gasteiger partial charge in [0, 0.05) is 25.0 Å². The van der Waals surface area contributed by atoms with Crippen LogP contribution in [-0.4, -0.2) is 57.4 Å². The van der Waals surface area contributed by atoms with Crippen LogP contribution in [0.2, 0.25) is 0 Å². The first-order valence-electron chi connectivity index (χ1n) is 6.71. The topological polar surface area (TPSA) is 84.2 Å². The van der Waals surface area contributed by atoms with E-state index in [1.165, 1.54) is 19.4 Å². The minimum atomic E-state index is -1.50. The van der Waals surface area contributed by atoms with Crippen molar-refractivity contribution in [3.05, 3.63) is 35.9 Å². The lowest BCUT2D eigenvalue weighted by Gasteiger charge is -2.48. The second-order valence-corrected chi connectivity index (χ2v) is 5.94. The molecule has 0 spiro atoms. The van der Waals surface area contributed by atoms with Crippen molar-refractivity contribution in [1.29, 1.82) is 0 Å². The third-order valence-corrected chi connectivity index (χ3v) is 3.04. The van der Waals surface area contributed by atoms with E-state index in [9.17, 15) is 0 Å². The quantitative estimate of drug-likeness (QED) is 0.593. The van der Waals surface area contributed by atoms with Crippen LogP contribution in [-0.2, 0) is 6.54 Å². The number of benzene rings is 1. The molecule has 0 atom stereocenters. The molecule has 1 heterocycles. The Morgan fingerprint density at radius 1 is 1.05 bits per heavy atom. The first-order chi connectivity index (χ1) is 9.28. The maximum Gasteiger partial charge on any atom is 0.156 e. The fourth-order valence-electron chi connectivity index (χ4n) is 2.11. The van der Waals surface area contributed by atoms with Gasteiger partial charge in [0.15, 0.2) is 5.79 Å². The number of likely N-dealkylation sites (tertiary alicyclic amines) is 1. The molecule has 0 unspecified atom stereocenters. The first-order valence-corrected chi connectivity index (χ1v) is 6.71. The predicted molar refractivity (Wildman–Crippen MR) is 76.8 cm³/mol. The zero-order valence-corrected chi connectivity index (χ0v) is 12.2. The maximum atomic E-state index is 9.13. The van der Waals surface area contributed by atoms with Gasteiger partial charge in [0.1, 0.15) is 0 Å². The lowest BCUT2D eigenvalue weighted by Crippen LogP contribution is -2.59. The van der Waals surface area contributed by atoms with Crippen LogP contribution >= 0.6 is 0 Å². The zero-order chi connectivity index (χ0) is 15.2. The summed E-state index contributed by atoms with van der Waals surface area (Å²) in [5, 5.41) is 34.4. The third-order valence-electron chi connectivity index (χ3n) is 3.04. The molecule has 1 fully saturated rings. The molecule has 1 aromatic carbocycles. The second-order valence-electron chi connectivity index (χ2n) is 5.94. The number of rotatable bonds is 4. The Hall–Kier alpha value is -0.980. The highest BCUT2D eigenvalue weighted by molar-refractivity contribution is 5.15. The highest BCUT2D eigenvalue weighted by atomic mass is 16.5. The smallest absolute Gasteiger partial charge is 0.156 e. The molecule has 0 aliphatic carbocycles. The summed E-state index contributed by atoms with van der Waals surface area (Å²) < 4.78 is 0. The molecule has 1 aliphatic heterocycles. The van der Waals surface area contributed by atoms with Crippen molar-refractivity contribution < 1.29 is 20.4 Å². The molecule has 4 N–H and O–H groups in total. The molecule has 1 aliphatic rings. The third kappa shape index (κ3) is 5.98. The molecule has 0 saturated carbocycles. The predicted octanol–water partition coefficient (Wildman–Crippen LogP) is 0.180. The van der Waals surface area contributed by atoms with Gasteiger partial charge in [-0.05, 0) is 19.4 Å². The van der Waals surface area contributed by atoms with Gasteiger partial charge >= 0.3 is 0 Å². The normalized spacial score (nSPS) is 17.9. The van der Waals surface area contributed by atoms with Gasteiger partial charge < -0.3 is 20.4 Å². The summed E-state index contributed by atoms with van der Waals surface area (Å²) in [5.41, 5.74) is 1.02. The molecule has 0 aromatic heterocycles. The van der Waals surface area contributed by atoms with Crippen molar-refractivity contribution in [3.63, 3.8) is 0 Å². The Labute approximate surface area is 120 Å². The standard InChI is InChI=1S/C12H17NO2.C3H8O2/c14-9-12(10-15)7-13(8-12)6-11-4-2-1-3-5-11;1-3(2,4)5/h1-5,14-15H,6-10H2;4-5H,1-2H3. The van der Waals surface area contributed by atoms with E-state index in [4.69, 9.17) is 20.4 Å². The largest absolute Gasteiger partial charge is 0.396 e. The number of nitrogens with zero attached hydrogens (tertiary/aromatic N) is 1. The SMILES string of the molecule is CC(C)(O)O.OCC1(CO)CN(Cc2ccccc2)C1. The molecule has 0 amide bonds. The summed E-state index contributed by atoms with van der Waals surface area (Å²) in [6.45, 7) is 5.23. The molecule has 1 saturated heterocycles. The zero-order valence-electron chi connectivity index (χ0n) is 12.2. The van der Waals surface area contributed by atoms with Gasteiger partial charge in [-0.15, -0.1) is 0 Å². The van der Waals surface area contributed by atoms with Crippen LogP contribution in [0.3, 0.4) is 0 Å². The molecule has 20 heavy (non-hydrogen) atoms. The lowest BCUT2D eigenvalue weighted by molar-refractivity contribution is -0.127. The molecule has 114 valence electrons. The van der Waals surface area contributed by atoms with E-state index < -0.39 is 5.79 Å². The molecular formula is C15H25NO4. The summed E-state index contributed by atoms with van der Waals surface area (Å²) in [5.74, 6) is -1.50. The van der Waals surface area contributed by atoms with Crippen molar-refractivity contribution in [1.82, 2.24) is 4.90 Å². The molecule has 1 aromatic rings. The van der Waals surface area contributed by atoms with Gasteiger partial charge in [0.05, 0.1) is 13.2 Å². The van der Waals surface area contributed by atoms with Gasteiger partial charge in [-0.25, -0.2) is 0 Å². The molecule has 5 heteroatoms. The fraction of sp³-hybridized carbons (Fsp3) is 0.600. The minimum absolute atomic E-state index is 0.0782. The highest BCUT2D eigenvalue weighted by Gasteiger charge is 2.41. The van der Waals surface area contributed by atoms with Crippen LogP contribution in [0.15, 0.2) is 30.3 Å². The van der Waals surface area contributed by atoms with Gasteiger partial charge in [0.25, 0.3) is 0 Å². The number of hydrogen-bond acceptors (Lipinski definition) is 5. The van der Waals surface area contributed by atoms with Gasteiger partial charge in [0.2, 0.25) is 0 Å². The summed E-state index contributed by atoms with van der Waals surface area (Å²) in [6.07, 6.45) is 0. The average molecular weight is 283 g/mol. The lowest BCUT2D eigenvalue weighted by atomic mass is 9.81. The van der Waals surface area contributed by atoms with Gasteiger partial charge in [-0.3, -0.25) is 4.90 Å². The van der Waals surface area contributed by atoms with E-state index >= 15 is 0 Å². The number of aliphatic hydroxyl groups is 4. The average Bonchev–Trinajstić information content (AvgIpc) is 2.33. The van der Waals surface area contributed by atoms with E-state index in [2.05, 4.69) is 17.0 Å². The number of aliphatic hydroxyl groups excluding tert-OH is 2. The minimum Gasteiger partial charge on any atom is -0.396 e. The summed E-state index contributed by atoms with van der Waals surface area (Å²) >= 11 is 0. The Morgan fingerprint density at radius 3 is 1.90 bits per heavy atom. The maximum absolute atomic E-state index is 9.13. The van der Waals surface area contributed by atoms with E-state index in [0.29, 0.717) is 0 Å². The Balaban J connectivity index is 0.000000347. The summed E-state index contributed by atoms with van der Waals surface area (Å²) in [7, 11) is 0. The molecule has 5 nitrogen and oxygen atoms in total. The van der Waals surface area contributed by atoms with Crippen LogP contribution in [0.25, 0.3) is 0 Å². The van der Waals surface area contributed by atoms with E-state index in [-0.39, 0.29) is 18.6 Å². The van der Waals surface area contributed by atoms with Crippen molar-refractivity contribution >= 4 is 0 Å². The van der Waals surface area contributed by atoms with E-state index in [1.807, 2.05) is 18.2 Å². The van der Waals surface area contributed by atoms with E-state index in [0.717, 1.165) is 19.6 Å². The van der Waals surface area contributed by atoms with Crippen molar-refractivity contribution in [2.75, 3.05) is 26.3 Å². The van der Waals surface area contributed by atoms with Crippen LogP contribution in [0.4, 0.5) is 0 Å². The summed E-state index contributed by atoms with van der Waals surface area (Å²) in [4.78, 5) is 2.24. The van der Waals surface area contributed by atoms with Crippen LogP contribution in [0.1, 0.15) is 19.4 Å². The fourth-order valence-corrected chi connectivity index (χ4v) is 2.11. The molecular weight excluding hydrogens is 258 g/mol. The second kappa shape index (κ2) is 7.15. The monoisotopic (exact) mass is 283 g/mol. The first kappa shape index (κ1) is 17.1. The molecule has 0 bridgehead atoms. The highest BCUT2D eigenvalue weighted by Crippen LogP contribution is 2.30. The Morgan fingerprint density at radius 2 is 1.50 bits per heavy atom. The van der Waals surface area contributed by atoms with E-state index in [1.54, 1.807) is 0 Å². The molecule has 0 radical (unpaired) electrons. The van der Waals surface area contributed by atoms with Crippen molar-refractivity contribution in [2.24, 2.45) is 5.41 Å².